The molecule has 0 spiro atoms. The van der Waals surface area contributed by atoms with Gasteiger partial charge in [-0.25, -0.2) is 8.42 Å². The molecule has 2 heterocycles. The van der Waals surface area contributed by atoms with E-state index in [9.17, 15) is 8.42 Å². The van der Waals surface area contributed by atoms with Crippen LogP contribution in [-0.2, 0) is 16.6 Å². The van der Waals surface area contributed by atoms with E-state index in [0.29, 0.717) is 11.5 Å². The van der Waals surface area contributed by atoms with Crippen LogP contribution in [0.2, 0.25) is 0 Å². The van der Waals surface area contributed by atoms with Crippen molar-refractivity contribution in [3.63, 3.8) is 0 Å². The van der Waals surface area contributed by atoms with Crippen molar-refractivity contribution in [1.82, 2.24) is 14.5 Å². The van der Waals surface area contributed by atoms with E-state index >= 15 is 0 Å². The standard InChI is InChI=1S/C12H15N3O3S/c1-9-12(7-13-14-9)19(16,17)15(10-4-5-10)8-11-3-2-6-18-11/h2-3,6-7,10H,4-5,8H2,1H3,(H,13,14). The molecule has 1 aliphatic rings. The van der Waals surface area contributed by atoms with Crippen LogP contribution < -0.4 is 0 Å². The fraction of sp³-hybridized carbons (Fsp3) is 0.417. The molecule has 0 atom stereocenters. The molecule has 1 aliphatic carbocycles. The average molecular weight is 281 g/mol. The Bertz CT molecular complexity index is 656. The van der Waals surface area contributed by atoms with Gasteiger partial charge in [0.25, 0.3) is 0 Å². The van der Waals surface area contributed by atoms with Gasteiger partial charge < -0.3 is 4.42 Å². The van der Waals surface area contributed by atoms with Crippen LogP contribution in [0.15, 0.2) is 33.9 Å². The molecule has 19 heavy (non-hydrogen) atoms. The Labute approximate surface area is 111 Å². The summed E-state index contributed by atoms with van der Waals surface area (Å²) in [7, 11) is -3.52. The summed E-state index contributed by atoms with van der Waals surface area (Å²) in [5, 5.41) is 6.46. The summed E-state index contributed by atoms with van der Waals surface area (Å²) in [6.45, 7) is 1.97. The Morgan fingerprint density at radius 2 is 2.32 bits per heavy atom. The number of aromatic nitrogens is 2. The summed E-state index contributed by atoms with van der Waals surface area (Å²) in [4.78, 5) is 0.242. The predicted octanol–water partition coefficient (Wildman–Crippen LogP) is 1.66. The normalized spacial score (nSPS) is 16.1. The molecule has 0 amide bonds. The highest BCUT2D eigenvalue weighted by Gasteiger charge is 2.39. The number of H-pyrrole nitrogens is 1. The molecule has 102 valence electrons. The zero-order chi connectivity index (χ0) is 13.5. The molecule has 0 aromatic carbocycles. The smallest absolute Gasteiger partial charge is 0.247 e. The second kappa shape index (κ2) is 4.50. The number of aryl methyl sites for hydroxylation is 1. The summed E-state index contributed by atoms with van der Waals surface area (Å²) in [5.74, 6) is 0.650. The van der Waals surface area contributed by atoms with Gasteiger partial charge in [-0.2, -0.15) is 9.40 Å². The van der Waals surface area contributed by atoms with E-state index < -0.39 is 10.0 Å². The second-order valence-electron chi connectivity index (χ2n) is 4.72. The van der Waals surface area contributed by atoms with Gasteiger partial charge in [-0.15, -0.1) is 0 Å². The Morgan fingerprint density at radius 3 is 2.84 bits per heavy atom. The van der Waals surface area contributed by atoms with E-state index in [0.717, 1.165) is 12.8 Å². The van der Waals surface area contributed by atoms with Crippen LogP contribution in [0.5, 0.6) is 0 Å². The molecule has 0 unspecified atom stereocenters. The molecule has 1 fully saturated rings. The lowest BCUT2D eigenvalue weighted by Gasteiger charge is -2.20. The molecule has 0 saturated heterocycles. The van der Waals surface area contributed by atoms with Crippen molar-refractivity contribution >= 4 is 10.0 Å². The quantitative estimate of drug-likeness (QED) is 0.904. The van der Waals surface area contributed by atoms with Crippen molar-refractivity contribution in [2.24, 2.45) is 0 Å². The average Bonchev–Trinajstić information content (AvgIpc) is 2.88. The highest BCUT2D eigenvalue weighted by Crippen LogP contribution is 2.34. The monoisotopic (exact) mass is 281 g/mol. The molecule has 1 saturated carbocycles. The summed E-state index contributed by atoms with van der Waals surface area (Å²) < 4.78 is 32.1. The Morgan fingerprint density at radius 1 is 1.53 bits per heavy atom. The van der Waals surface area contributed by atoms with Crippen molar-refractivity contribution in [3.8, 4) is 0 Å². The van der Waals surface area contributed by atoms with Crippen LogP contribution in [0.4, 0.5) is 0 Å². The van der Waals surface area contributed by atoms with Crippen molar-refractivity contribution < 1.29 is 12.8 Å². The number of hydrogen-bond acceptors (Lipinski definition) is 4. The first-order valence-electron chi connectivity index (χ1n) is 6.13. The van der Waals surface area contributed by atoms with Gasteiger partial charge in [0.15, 0.2) is 0 Å². The topological polar surface area (TPSA) is 79.2 Å². The number of furan rings is 1. The van der Waals surface area contributed by atoms with Crippen LogP contribution in [0, 0.1) is 6.92 Å². The number of hydrogen-bond donors (Lipinski definition) is 1. The number of rotatable bonds is 5. The van der Waals surface area contributed by atoms with E-state index in [1.54, 1.807) is 25.3 Å². The molecular formula is C12H15N3O3S. The van der Waals surface area contributed by atoms with Gasteiger partial charge in [-0.05, 0) is 31.9 Å². The Kier molecular flexibility index (Phi) is 2.94. The number of nitrogens with one attached hydrogen (secondary N) is 1. The van der Waals surface area contributed by atoms with Crippen LogP contribution in [0.25, 0.3) is 0 Å². The molecule has 3 rings (SSSR count). The Hall–Kier alpha value is -1.60. The van der Waals surface area contributed by atoms with E-state index in [-0.39, 0.29) is 17.5 Å². The van der Waals surface area contributed by atoms with Crippen LogP contribution in [-0.4, -0.2) is 29.0 Å². The second-order valence-corrected chi connectivity index (χ2v) is 6.58. The van der Waals surface area contributed by atoms with Crippen LogP contribution in [0.3, 0.4) is 0 Å². The fourth-order valence-electron chi connectivity index (χ4n) is 2.06. The molecule has 0 radical (unpaired) electrons. The van der Waals surface area contributed by atoms with Gasteiger partial charge in [0.05, 0.1) is 24.7 Å². The fourth-order valence-corrected chi connectivity index (χ4v) is 3.83. The maximum absolute atomic E-state index is 12.6. The van der Waals surface area contributed by atoms with Crippen molar-refractivity contribution in [2.45, 2.75) is 37.2 Å². The maximum Gasteiger partial charge on any atom is 0.247 e. The third-order valence-electron chi connectivity index (χ3n) is 3.22. The van der Waals surface area contributed by atoms with Crippen molar-refractivity contribution in [2.75, 3.05) is 0 Å². The van der Waals surface area contributed by atoms with Crippen molar-refractivity contribution in [1.29, 1.82) is 0 Å². The molecule has 0 bridgehead atoms. The number of sulfonamides is 1. The largest absolute Gasteiger partial charge is 0.468 e. The van der Waals surface area contributed by atoms with E-state index in [4.69, 9.17) is 4.42 Å². The third-order valence-corrected chi connectivity index (χ3v) is 5.23. The predicted molar refractivity (Wildman–Crippen MR) is 67.8 cm³/mol. The first-order chi connectivity index (χ1) is 9.09. The first kappa shape index (κ1) is 12.4. The molecule has 1 N–H and O–H groups in total. The minimum atomic E-state index is -3.52. The first-order valence-corrected chi connectivity index (χ1v) is 7.57. The number of nitrogens with zero attached hydrogens (tertiary/aromatic N) is 2. The van der Waals surface area contributed by atoms with E-state index in [1.165, 1.54) is 10.5 Å². The van der Waals surface area contributed by atoms with Gasteiger partial charge in [-0.3, -0.25) is 5.10 Å². The lowest BCUT2D eigenvalue weighted by atomic mass is 10.4. The lowest BCUT2D eigenvalue weighted by molar-refractivity contribution is 0.356. The SMILES string of the molecule is Cc1[nH]ncc1S(=O)(=O)N(Cc1ccco1)C1CC1. The van der Waals surface area contributed by atoms with Crippen molar-refractivity contribution in [3.05, 3.63) is 36.0 Å². The molecule has 2 aromatic heterocycles. The van der Waals surface area contributed by atoms with Gasteiger partial charge in [0.1, 0.15) is 10.7 Å². The summed E-state index contributed by atoms with van der Waals surface area (Å²) in [6.07, 6.45) is 4.71. The van der Waals surface area contributed by atoms with Crippen LogP contribution in [0.1, 0.15) is 24.3 Å². The Balaban J connectivity index is 1.94. The van der Waals surface area contributed by atoms with Gasteiger partial charge in [0, 0.05) is 6.04 Å². The lowest BCUT2D eigenvalue weighted by Crippen LogP contribution is -2.32. The molecular weight excluding hydrogens is 266 g/mol. The van der Waals surface area contributed by atoms with Gasteiger partial charge in [0.2, 0.25) is 10.0 Å². The summed E-state index contributed by atoms with van der Waals surface area (Å²) in [5.41, 5.74) is 0.560. The minimum Gasteiger partial charge on any atom is -0.468 e. The van der Waals surface area contributed by atoms with E-state index in [1.807, 2.05) is 0 Å². The van der Waals surface area contributed by atoms with E-state index in [2.05, 4.69) is 10.2 Å². The molecule has 7 heteroatoms. The highest BCUT2D eigenvalue weighted by atomic mass is 32.2. The molecule has 6 nitrogen and oxygen atoms in total. The van der Waals surface area contributed by atoms with Gasteiger partial charge >= 0.3 is 0 Å². The molecule has 0 aliphatic heterocycles. The maximum atomic E-state index is 12.6. The number of aromatic amines is 1. The van der Waals surface area contributed by atoms with Gasteiger partial charge in [-0.1, -0.05) is 0 Å². The summed E-state index contributed by atoms with van der Waals surface area (Å²) in [6, 6.07) is 3.62. The third kappa shape index (κ3) is 2.31. The molecule has 2 aromatic rings. The highest BCUT2D eigenvalue weighted by molar-refractivity contribution is 7.89. The zero-order valence-electron chi connectivity index (χ0n) is 10.5. The van der Waals surface area contributed by atoms with Crippen LogP contribution >= 0.6 is 0 Å². The zero-order valence-corrected chi connectivity index (χ0v) is 11.4. The minimum absolute atomic E-state index is 0.0735. The summed E-state index contributed by atoms with van der Waals surface area (Å²) >= 11 is 0.